The molecule has 0 spiro atoms. The molecule has 1 aromatic carbocycles. The number of amides is 1. The molecule has 0 saturated carbocycles. The maximum absolute atomic E-state index is 12.0. The molecule has 1 aliphatic rings. The molecular weight excluding hydrogens is 232 g/mol. The second kappa shape index (κ2) is 5.48. The van der Waals surface area contributed by atoms with Crippen LogP contribution in [0.15, 0.2) is 30.3 Å². The van der Waals surface area contributed by atoms with E-state index in [1.807, 2.05) is 30.3 Å². The number of hydrogen-bond acceptors (Lipinski definition) is 4. The lowest BCUT2D eigenvalue weighted by Crippen LogP contribution is -2.44. The second-order valence-corrected chi connectivity index (χ2v) is 4.67. The van der Waals surface area contributed by atoms with Crippen LogP contribution in [0.25, 0.3) is 0 Å². The van der Waals surface area contributed by atoms with Gasteiger partial charge in [0.2, 0.25) is 5.91 Å². The number of hydrogen-bond donors (Lipinski definition) is 3. The summed E-state index contributed by atoms with van der Waals surface area (Å²) in [6.07, 6.45) is -1.27. The summed E-state index contributed by atoms with van der Waals surface area (Å²) in [6.45, 7) is 0.310. The first-order valence-electron chi connectivity index (χ1n) is 6.02. The quantitative estimate of drug-likeness (QED) is 0.650. The van der Waals surface area contributed by atoms with Gasteiger partial charge in [0.15, 0.2) is 0 Å². The zero-order valence-corrected chi connectivity index (χ0v) is 10.1. The highest BCUT2D eigenvalue weighted by Gasteiger charge is 2.34. The van der Waals surface area contributed by atoms with Gasteiger partial charge in [0, 0.05) is 13.1 Å². The minimum Gasteiger partial charge on any atom is -0.388 e. The van der Waals surface area contributed by atoms with Gasteiger partial charge in [0.1, 0.15) is 0 Å². The number of aliphatic hydroxyl groups is 2. The molecule has 2 rings (SSSR count). The van der Waals surface area contributed by atoms with Gasteiger partial charge in [-0.1, -0.05) is 30.3 Å². The Hall–Kier alpha value is -1.43. The molecule has 1 aliphatic heterocycles. The van der Waals surface area contributed by atoms with E-state index in [0.717, 1.165) is 5.56 Å². The van der Waals surface area contributed by atoms with Crippen molar-refractivity contribution in [3.63, 3.8) is 0 Å². The first-order chi connectivity index (χ1) is 8.58. The fourth-order valence-corrected chi connectivity index (χ4v) is 2.14. The van der Waals surface area contributed by atoms with Gasteiger partial charge in [-0.15, -0.1) is 0 Å². The number of nitrogens with two attached hydrogens (primary N) is 1. The van der Waals surface area contributed by atoms with Crippen molar-refractivity contribution in [1.82, 2.24) is 4.90 Å². The van der Waals surface area contributed by atoms with Crippen LogP contribution in [0.1, 0.15) is 5.56 Å². The first-order valence-corrected chi connectivity index (χ1v) is 6.02. The van der Waals surface area contributed by atoms with E-state index in [2.05, 4.69) is 0 Å². The van der Waals surface area contributed by atoms with Crippen molar-refractivity contribution in [2.45, 2.75) is 24.7 Å². The molecule has 3 atom stereocenters. The van der Waals surface area contributed by atoms with Crippen molar-refractivity contribution in [1.29, 1.82) is 0 Å². The molecule has 1 fully saturated rings. The van der Waals surface area contributed by atoms with E-state index in [-0.39, 0.29) is 19.0 Å². The SMILES string of the molecule is NC(Cc1ccccc1)C(=O)N1CC(O)C(O)C1. The number of rotatable bonds is 3. The average molecular weight is 250 g/mol. The van der Waals surface area contributed by atoms with Gasteiger partial charge in [-0.05, 0) is 12.0 Å². The highest BCUT2D eigenvalue weighted by Crippen LogP contribution is 2.12. The number of carbonyl (C=O) groups is 1. The van der Waals surface area contributed by atoms with Crippen LogP contribution in [0.4, 0.5) is 0 Å². The summed E-state index contributed by atoms with van der Waals surface area (Å²) in [5.74, 6) is -0.227. The smallest absolute Gasteiger partial charge is 0.240 e. The number of aliphatic hydroxyl groups excluding tert-OH is 2. The first kappa shape index (κ1) is 13.0. The van der Waals surface area contributed by atoms with E-state index in [0.29, 0.717) is 6.42 Å². The molecule has 5 heteroatoms. The van der Waals surface area contributed by atoms with Crippen molar-refractivity contribution in [2.75, 3.05) is 13.1 Å². The van der Waals surface area contributed by atoms with E-state index in [9.17, 15) is 15.0 Å². The largest absolute Gasteiger partial charge is 0.388 e. The summed E-state index contributed by atoms with van der Waals surface area (Å²) in [5.41, 5.74) is 6.86. The Balaban J connectivity index is 1.93. The number of β-amino-alcohol motifs (C(OH)–C–C–N with tert-alkyl or cyclic N) is 2. The van der Waals surface area contributed by atoms with E-state index >= 15 is 0 Å². The standard InChI is InChI=1S/C13H18N2O3/c14-10(6-9-4-2-1-3-5-9)13(18)15-7-11(16)12(17)8-15/h1-5,10-12,16-17H,6-8,14H2. The average Bonchev–Trinajstić information content (AvgIpc) is 2.70. The van der Waals surface area contributed by atoms with Gasteiger partial charge >= 0.3 is 0 Å². The normalized spacial score (nSPS) is 25.2. The highest BCUT2D eigenvalue weighted by atomic mass is 16.3. The summed E-state index contributed by atoms with van der Waals surface area (Å²) in [5, 5.41) is 18.8. The zero-order valence-electron chi connectivity index (χ0n) is 10.1. The summed E-state index contributed by atoms with van der Waals surface area (Å²) in [6, 6.07) is 8.90. The number of nitrogens with zero attached hydrogens (tertiary/aromatic N) is 1. The maximum Gasteiger partial charge on any atom is 0.240 e. The minimum atomic E-state index is -0.863. The van der Waals surface area contributed by atoms with Crippen molar-refractivity contribution in [3.8, 4) is 0 Å². The maximum atomic E-state index is 12.0. The fourth-order valence-electron chi connectivity index (χ4n) is 2.14. The van der Waals surface area contributed by atoms with Crippen LogP contribution in [-0.4, -0.2) is 52.4 Å². The topological polar surface area (TPSA) is 86.8 Å². The van der Waals surface area contributed by atoms with Crippen LogP contribution in [0.2, 0.25) is 0 Å². The Morgan fingerprint density at radius 2 is 1.83 bits per heavy atom. The molecule has 1 heterocycles. The lowest BCUT2D eigenvalue weighted by molar-refractivity contribution is -0.132. The third-order valence-corrected chi connectivity index (χ3v) is 3.19. The molecule has 1 aromatic rings. The predicted octanol–water partition coefficient (Wildman–Crippen LogP) is -0.880. The van der Waals surface area contributed by atoms with Gasteiger partial charge < -0.3 is 20.8 Å². The fraction of sp³-hybridized carbons (Fsp3) is 0.462. The molecule has 0 aromatic heterocycles. The number of carbonyl (C=O) groups excluding carboxylic acids is 1. The van der Waals surface area contributed by atoms with Gasteiger partial charge in [-0.3, -0.25) is 4.79 Å². The molecule has 98 valence electrons. The van der Waals surface area contributed by atoms with Crippen LogP contribution in [0, 0.1) is 0 Å². The summed E-state index contributed by atoms with van der Waals surface area (Å²) >= 11 is 0. The van der Waals surface area contributed by atoms with Crippen LogP contribution in [0.3, 0.4) is 0 Å². The van der Waals surface area contributed by atoms with E-state index in [1.165, 1.54) is 4.90 Å². The molecule has 0 radical (unpaired) electrons. The van der Waals surface area contributed by atoms with Gasteiger partial charge in [0.05, 0.1) is 18.2 Å². The zero-order chi connectivity index (χ0) is 13.1. The van der Waals surface area contributed by atoms with E-state index < -0.39 is 18.2 Å². The monoisotopic (exact) mass is 250 g/mol. The predicted molar refractivity (Wildman–Crippen MR) is 66.7 cm³/mol. The van der Waals surface area contributed by atoms with Gasteiger partial charge in [0.25, 0.3) is 0 Å². The molecule has 0 aliphatic carbocycles. The molecule has 3 unspecified atom stereocenters. The van der Waals surface area contributed by atoms with Crippen molar-refractivity contribution in [3.05, 3.63) is 35.9 Å². The van der Waals surface area contributed by atoms with Crippen LogP contribution in [0.5, 0.6) is 0 Å². The second-order valence-electron chi connectivity index (χ2n) is 4.67. The van der Waals surface area contributed by atoms with Crippen molar-refractivity contribution >= 4 is 5.91 Å². The molecule has 18 heavy (non-hydrogen) atoms. The number of likely N-dealkylation sites (tertiary alicyclic amines) is 1. The summed E-state index contributed by atoms with van der Waals surface area (Å²) in [4.78, 5) is 13.4. The minimum absolute atomic E-state index is 0.155. The Morgan fingerprint density at radius 3 is 2.39 bits per heavy atom. The third-order valence-electron chi connectivity index (χ3n) is 3.19. The van der Waals surface area contributed by atoms with Crippen molar-refractivity contribution in [2.24, 2.45) is 5.73 Å². The lowest BCUT2D eigenvalue weighted by atomic mass is 10.1. The third kappa shape index (κ3) is 2.87. The highest BCUT2D eigenvalue weighted by molar-refractivity contribution is 5.82. The summed E-state index contributed by atoms with van der Waals surface area (Å²) in [7, 11) is 0. The Kier molecular flexibility index (Phi) is 3.96. The molecule has 1 amide bonds. The molecule has 5 nitrogen and oxygen atoms in total. The van der Waals surface area contributed by atoms with E-state index in [4.69, 9.17) is 5.73 Å². The Bertz CT molecular complexity index is 400. The van der Waals surface area contributed by atoms with Crippen molar-refractivity contribution < 1.29 is 15.0 Å². The summed E-state index contributed by atoms with van der Waals surface area (Å²) < 4.78 is 0. The Labute approximate surface area is 106 Å². The van der Waals surface area contributed by atoms with Gasteiger partial charge in [-0.25, -0.2) is 0 Å². The lowest BCUT2D eigenvalue weighted by Gasteiger charge is -2.20. The molecule has 4 N–H and O–H groups in total. The van der Waals surface area contributed by atoms with Gasteiger partial charge in [-0.2, -0.15) is 0 Å². The van der Waals surface area contributed by atoms with Crippen LogP contribution in [-0.2, 0) is 11.2 Å². The molecule has 0 bridgehead atoms. The Morgan fingerprint density at radius 1 is 1.28 bits per heavy atom. The van der Waals surface area contributed by atoms with Crippen LogP contribution < -0.4 is 5.73 Å². The molecular formula is C13H18N2O3. The van der Waals surface area contributed by atoms with E-state index in [1.54, 1.807) is 0 Å². The number of benzene rings is 1. The van der Waals surface area contributed by atoms with Crippen LogP contribution >= 0.6 is 0 Å². The molecule has 1 saturated heterocycles.